The molecule has 0 fully saturated rings. The Bertz CT molecular complexity index is 978. The van der Waals surface area contributed by atoms with Gasteiger partial charge in [0, 0.05) is 11.3 Å². The van der Waals surface area contributed by atoms with Gasteiger partial charge in [-0.1, -0.05) is 66.4 Å². The molecule has 130 valence electrons. The van der Waals surface area contributed by atoms with Crippen LogP contribution in [0.2, 0.25) is 0 Å². The van der Waals surface area contributed by atoms with Gasteiger partial charge in [0.2, 0.25) is 0 Å². The lowest BCUT2D eigenvalue weighted by molar-refractivity contribution is 0.485. The number of benzene rings is 2. The van der Waals surface area contributed by atoms with E-state index < -0.39 is 0 Å². The minimum atomic E-state index is 0.612. The van der Waals surface area contributed by atoms with Crippen molar-refractivity contribution in [1.82, 2.24) is 14.8 Å². The SMILES string of the molecule is Cc1ccccc1-c1nnc(SCc2ccccc2)n1Cc1ccco1. The van der Waals surface area contributed by atoms with Gasteiger partial charge in [-0.2, -0.15) is 0 Å². The fourth-order valence-corrected chi connectivity index (χ4v) is 3.74. The highest BCUT2D eigenvalue weighted by Gasteiger charge is 2.17. The predicted molar refractivity (Wildman–Crippen MR) is 104 cm³/mol. The van der Waals surface area contributed by atoms with Gasteiger partial charge in [0.15, 0.2) is 11.0 Å². The van der Waals surface area contributed by atoms with Crippen molar-refractivity contribution >= 4 is 11.8 Å². The first-order chi connectivity index (χ1) is 12.8. The monoisotopic (exact) mass is 361 g/mol. The van der Waals surface area contributed by atoms with Crippen molar-refractivity contribution in [3.05, 3.63) is 89.9 Å². The molecule has 0 aliphatic heterocycles. The van der Waals surface area contributed by atoms with Crippen LogP contribution in [-0.2, 0) is 12.3 Å². The quantitative estimate of drug-likeness (QED) is 0.444. The number of hydrogen-bond acceptors (Lipinski definition) is 4. The molecule has 0 saturated carbocycles. The highest BCUT2D eigenvalue weighted by atomic mass is 32.2. The molecular formula is C21H19N3OS. The second-order valence-corrected chi connectivity index (χ2v) is 7.00. The minimum Gasteiger partial charge on any atom is -0.467 e. The Hall–Kier alpha value is -2.79. The fourth-order valence-electron chi connectivity index (χ4n) is 2.84. The van der Waals surface area contributed by atoms with Gasteiger partial charge in [0.1, 0.15) is 5.76 Å². The smallest absolute Gasteiger partial charge is 0.192 e. The number of furan rings is 1. The van der Waals surface area contributed by atoms with Crippen LogP contribution in [-0.4, -0.2) is 14.8 Å². The lowest BCUT2D eigenvalue weighted by atomic mass is 10.1. The maximum Gasteiger partial charge on any atom is 0.192 e. The summed E-state index contributed by atoms with van der Waals surface area (Å²) in [6.07, 6.45) is 1.70. The lowest BCUT2D eigenvalue weighted by Gasteiger charge is -2.10. The first kappa shape index (κ1) is 16.7. The third-order valence-electron chi connectivity index (χ3n) is 4.21. The molecule has 2 aromatic carbocycles. The Morgan fingerprint density at radius 3 is 2.50 bits per heavy atom. The molecule has 2 heterocycles. The zero-order chi connectivity index (χ0) is 17.8. The fraction of sp³-hybridized carbons (Fsp3) is 0.143. The van der Waals surface area contributed by atoms with Crippen molar-refractivity contribution in [2.75, 3.05) is 0 Å². The van der Waals surface area contributed by atoms with Crippen molar-refractivity contribution in [2.45, 2.75) is 24.4 Å². The van der Waals surface area contributed by atoms with Crippen LogP contribution in [0.1, 0.15) is 16.9 Å². The number of hydrogen-bond donors (Lipinski definition) is 0. The molecule has 4 nitrogen and oxygen atoms in total. The van der Waals surface area contributed by atoms with Crippen LogP contribution < -0.4 is 0 Å². The van der Waals surface area contributed by atoms with E-state index in [1.54, 1.807) is 18.0 Å². The Morgan fingerprint density at radius 1 is 0.923 bits per heavy atom. The van der Waals surface area contributed by atoms with Crippen LogP contribution in [0, 0.1) is 6.92 Å². The van der Waals surface area contributed by atoms with E-state index >= 15 is 0 Å². The van der Waals surface area contributed by atoms with Crippen molar-refractivity contribution in [1.29, 1.82) is 0 Å². The maximum absolute atomic E-state index is 5.56. The largest absolute Gasteiger partial charge is 0.467 e. The summed E-state index contributed by atoms with van der Waals surface area (Å²) >= 11 is 1.69. The molecule has 4 aromatic rings. The average Bonchev–Trinajstić information content (AvgIpc) is 3.32. The molecule has 5 heteroatoms. The third-order valence-corrected chi connectivity index (χ3v) is 5.25. The summed E-state index contributed by atoms with van der Waals surface area (Å²) in [5, 5.41) is 9.85. The molecule has 0 amide bonds. The van der Waals surface area contributed by atoms with Gasteiger partial charge in [-0.3, -0.25) is 4.57 Å². The summed E-state index contributed by atoms with van der Waals surface area (Å²) in [5.41, 5.74) is 3.54. The van der Waals surface area contributed by atoms with E-state index in [0.717, 1.165) is 28.1 Å². The van der Waals surface area contributed by atoms with E-state index in [1.807, 2.05) is 30.3 Å². The number of rotatable bonds is 6. The van der Waals surface area contributed by atoms with Gasteiger partial charge >= 0.3 is 0 Å². The Morgan fingerprint density at radius 2 is 1.73 bits per heavy atom. The third kappa shape index (κ3) is 3.58. The molecule has 2 aromatic heterocycles. The van der Waals surface area contributed by atoms with Crippen molar-refractivity contribution < 1.29 is 4.42 Å². The highest BCUT2D eigenvalue weighted by Crippen LogP contribution is 2.29. The van der Waals surface area contributed by atoms with E-state index in [-0.39, 0.29) is 0 Å². The van der Waals surface area contributed by atoms with Gasteiger partial charge in [-0.25, -0.2) is 0 Å². The average molecular weight is 361 g/mol. The van der Waals surface area contributed by atoms with Gasteiger partial charge in [0.05, 0.1) is 12.8 Å². The van der Waals surface area contributed by atoms with E-state index in [0.29, 0.717) is 6.54 Å². The number of aromatic nitrogens is 3. The molecule has 26 heavy (non-hydrogen) atoms. The molecule has 4 rings (SSSR count). The van der Waals surface area contributed by atoms with Crippen LogP contribution >= 0.6 is 11.8 Å². The molecule has 0 unspecified atom stereocenters. The lowest BCUT2D eigenvalue weighted by Crippen LogP contribution is -2.04. The normalized spacial score (nSPS) is 11.0. The van der Waals surface area contributed by atoms with Crippen molar-refractivity contribution in [3.63, 3.8) is 0 Å². The molecule has 0 saturated heterocycles. The predicted octanol–water partition coefficient (Wildman–Crippen LogP) is 5.19. The Kier molecular flexibility index (Phi) is 4.88. The molecule has 0 aliphatic rings. The molecule has 0 spiro atoms. The van der Waals surface area contributed by atoms with Crippen molar-refractivity contribution in [3.8, 4) is 11.4 Å². The van der Waals surface area contributed by atoms with Crippen LogP contribution in [0.25, 0.3) is 11.4 Å². The number of aryl methyl sites for hydroxylation is 1. The zero-order valence-corrected chi connectivity index (χ0v) is 15.3. The summed E-state index contributed by atoms with van der Waals surface area (Å²) in [7, 11) is 0. The molecular weight excluding hydrogens is 342 g/mol. The van der Waals surface area contributed by atoms with Gasteiger partial charge < -0.3 is 4.42 Å². The number of nitrogens with zero attached hydrogens (tertiary/aromatic N) is 3. The van der Waals surface area contributed by atoms with Gasteiger partial charge in [0.25, 0.3) is 0 Å². The Balaban J connectivity index is 1.68. The summed E-state index contributed by atoms with van der Waals surface area (Å²) in [4.78, 5) is 0. The van der Waals surface area contributed by atoms with Gasteiger partial charge in [-0.05, 0) is 30.2 Å². The van der Waals surface area contributed by atoms with Crippen LogP contribution in [0.3, 0.4) is 0 Å². The summed E-state index contributed by atoms with van der Waals surface area (Å²) in [5.74, 6) is 2.61. The first-order valence-corrected chi connectivity index (χ1v) is 9.48. The molecule has 0 bridgehead atoms. The van der Waals surface area contributed by atoms with Crippen LogP contribution in [0.15, 0.2) is 82.6 Å². The summed E-state index contributed by atoms with van der Waals surface area (Å²) < 4.78 is 7.69. The second kappa shape index (κ2) is 7.62. The van der Waals surface area contributed by atoms with Gasteiger partial charge in [-0.15, -0.1) is 10.2 Å². The molecule has 0 atom stereocenters. The molecule has 0 radical (unpaired) electrons. The van der Waals surface area contributed by atoms with Crippen LogP contribution in [0.5, 0.6) is 0 Å². The van der Waals surface area contributed by atoms with Crippen LogP contribution in [0.4, 0.5) is 0 Å². The highest BCUT2D eigenvalue weighted by molar-refractivity contribution is 7.98. The molecule has 0 aliphatic carbocycles. The number of thioether (sulfide) groups is 1. The van der Waals surface area contributed by atoms with E-state index in [2.05, 4.69) is 58.1 Å². The maximum atomic E-state index is 5.56. The summed E-state index contributed by atoms with van der Waals surface area (Å²) in [6, 6.07) is 22.5. The Labute approximate surface area is 156 Å². The first-order valence-electron chi connectivity index (χ1n) is 8.49. The minimum absolute atomic E-state index is 0.612. The zero-order valence-electron chi connectivity index (χ0n) is 14.5. The van der Waals surface area contributed by atoms with Crippen molar-refractivity contribution in [2.24, 2.45) is 0 Å². The van der Waals surface area contributed by atoms with E-state index in [9.17, 15) is 0 Å². The second-order valence-electron chi connectivity index (χ2n) is 6.06. The van der Waals surface area contributed by atoms with E-state index in [4.69, 9.17) is 4.42 Å². The topological polar surface area (TPSA) is 43.9 Å². The standard InChI is InChI=1S/C21H19N3OS/c1-16-8-5-6-12-19(16)20-22-23-21(24(20)14-18-11-7-13-25-18)26-15-17-9-3-2-4-10-17/h2-13H,14-15H2,1H3. The van der Waals surface area contributed by atoms with E-state index in [1.165, 1.54) is 11.1 Å². The summed E-state index contributed by atoms with van der Waals surface area (Å²) in [6.45, 7) is 2.71. The molecule has 0 N–H and O–H groups in total.